The molecule has 32 rings (SSSR count). The van der Waals surface area contributed by atoms with Crippen molar-refractivity contribution in [2.75, 3.05) is 0 Å². The summed E-state index contributed by atoms with van der Waals surface area (Å²) in [5.41, 5.74) is 16.3. The smallest absolute Gasteiger partial charge is 0.238 e. The minimum Gasteiger partial charge on any atom is -0.308 e. The SMILES string of the molecule is c1ccc(-c2ccc(-c3nc(-c4ccccc4)nc(-n4c5ccccc5c5c6sc7ccccc7c6c6sc7ncncc7c6c54)n3)cc2)cc1.c1ccc(-c2nc(-c3ccccc3)nc(-c3cccc(-n4c5ccccc5c5c6sc7ccccc7c6c6sc7ncncc7c6c54)c3)n2)cc1.c1ccc(-c2nc(-c3ccccc3)nc(-n3c4ccccc4c4c5sc6ccccc6c5c5sc6ncncc6c5c43)n2)cc1. The van der Waals surface area contributed by atoms with E-state index in [0.29, 0.717) is 52.7 Å². The molecule has 686 valence electrons. The lowest BCUT2D eigenvalue weighted by Gasteiger charge is -2.12. The summed E-state index contributed by atoms with van der Waals surface area (Å²) < 4.78 is 18.1. The van der Waals surface area contributed by atoms with Gasteiger partial charge in [0, 0.05) is 202 Å². The van der Waals surface area contributed by atoms with Crippen LogP contribution in [-0.4, -0.2) is 88.5 Å². The van der Waals surface area contributed by atoms with Crippen molar-refractivity contribution in [1.29, 1.82) is 0 Å². The van der Waals surface area contributed by atoms with Crippen molar-refractivity contribution in [2.24, 2.45) is 0 Å². The molecule has 0 saturated heterocycles. The molecule has 0 aliphatic heterocycles. The van der Waals surface area contributed by atoms with Crippen LogP contribution >= 0.6 is 68.0 Å². The van der Waals surface area contributed by atoms with Crippen molar-refractivity contribution in [1.82, 2.24) is 88.5 Å². The van der Waals surface area contributed by atoms with Gasteiger partial charge in [0.1, 0.15) is 33.5 Å². The first-order valence-electron chi connectivity index (χ1n) is 47.9. The van der Waals surface area contributed by atoms with E-state index in [9.17, 15) is 0 Å². The Labute approximate surface area is 858 Å². The predicted molar refractivity (Wildman–Crippen MR) is 610 cm³/mol. The van der Waals surface area contributed by atoms with Crippen molar-refractivity contribution in [3.63, 3.8) is 0 Å². The van der Waals surface area contributed by atoms with Gasteiger partial charge in [0.15, 0.2) is 40.8 Å². The zero-order valence-corrected chi connectivity index (χ0v) is 82.2. The molecule has 17 aromatic carbocycles. The zero-order chi connectivity index (χ0) is 96.4. The number of para-hydroxylation sites is 3. The number of nitrogens with zero attached hydrogens (tertiary/aromatic N) is 18. The third kappa shape index (κ3) is 13.6. The van der Waals surface area contributed by atoms with Gasteiger partial charge in [0.05, 0.1) is 33.1 Å². The van der Waals surface area contributed by atoms with Crippen LogP contribution in [0.1, 0.15) is 0 Å². The maximum atomic E-state index is 5.28. The normalized spacial score (nSPS) is 11.9. The fourth-order valence-electron chi connectivity index (χ4n) is 21.3. The average Bonchev–Trinajstić information content (AvgIpc) is 1.53. The van der Waals surface area contributed by atoms with Gasteiger partial charge in [0.25, 0.3) is 0 Å². The molecule has 0 atom stereocenters. The second-order valence-electron chi connectivity index (χ2n) is 36.0. The molecule has 0 spiro atoms. The zero-order valence-electron chi connectivity index (χ0n) is 77.3. The number of fused-ring (bicyclic) bond motifs is 36. The van der Waals surface area contributed by atoms with Gasteiger partial charge in [-0.1, -0.05) is 328 Å². The Hall–Kier alpha value is -18.3. The number of rotatable bonds is 11. The quantitative estimate of drug-likeness (QED) is 0.118. The molecule has 0 N–H and O–H groups in total. The number of hydrogen-bond donors (Lipinski definition) is 0. The third-order valence-electron chi connectivity index (χ3n) is 27.7. The molecule has 0 unspecified atom stereocenters. The largest absolute Gasteiger partial charge is 0.308 e. The highest BCUT2D eigenvalue weighted by atomic mass is 32.1. The van der Waals surface area contributed by atoms with Crippen molar-refractivity contribution in [2.45, 2.75) is 0 Å². The van der Waals surface area contributed by atoms with Crippen LogP contribution in [0.15, 0.2) is 414 Å². The fraction of sp³-hybridized carbons (Fsp3) is 0. The van der Waals surface area contributed by atoms with Crippen molar-refractivity contribution >= 4 is 255 Å². The van der Waals surface area contributed by atoms with E-state index in [1.54, 1.807) is 53.0 Å². The Morgan fingerprint density at radius 1 is 0.177 bits per heavy atom. The standard InChI is InChI=1S/2C43H24N6S2.C37H20N6S2/c1-3-12-25(13-4-1)40-46-41(26-14-5-2-6-15-26)48-42(47-40)27-16-11-17-28(22-27)49-32-20-9-7-18-29(32)34-37(49)35-31-23-44-24-45-43(31)51-39(35)36-30-19-8-10-21-33(30)50-38(34)36;1-3-11-25(12-4-1)26-19-21-28(22-20-26)41-46-40(27-13-5-2-6-14-27)47-43(48-41)49-32-17-9-7-15-29(32)34-37(49)35-31-23-44-24-45-42(31)51-39(35)36-30-16-8-10-18-33(30)50-38(34)36;1-3-11-21(12-4-1)34-40-35(22-13-5-2-6-14-22)42-37(41-34)43-26-17-9-7-15-23(26)28-31(43)29-25-19-38-20-39-36(25)45-33(29)30-24-16-8-10-18-27(24)44-32(28)30/h2*1-24H;1-20H. The first-order valence-corrected chi connectivity index (χ1v) is 52.8. The molecule has 24 heteroatoms. The van der Waals surface area contributed by atoms with E-state index in [1.165, 1.54) is 107 Å². The van der Waals surface area contributed by atoms with Gasteiger partial charge < -0.3 is 4.57 Å². The summed E-state index contributed by atoms with van der Waals surface area (Å²) >= 11 is 10.8. The Morgan fingerprint density at radius 3 is 0.769 bits per heavy atom. The number of aromatic nitrogens is 18. The van der Waals surface area contributed by atoms with Crippen LogP contribution in [0.3, 0.4) is 0 Å². The van der Waals surface area contributed by atoms with Crippen molar-refractivity contribution in [3.8, 4) is 108 Å². The van der Waals surface area contributed by atoms with E-state index in [0.717, 1.165) is 135 Å². The molecule has 15 aromatic heterocycles. The Bertz CT molecular complexity index is 10800. The maximum Gasteiger partial charge on any atom is 0.238 e. The summed E-state index contributed by atoms with van der Waals surface area (Å²) in [7, 11) is 0. The van der Waals surface area contributed by atoms with Gasteiger partial charge in [-0.25, -0.2) is 54.8 Å². The fourth-order valence-corrected chi connectivity index (χ4v) is 28.8. The van der Waals surface area contributed by atoms with Gasteiger partial charge in [0.2, 0.25) is 11.9 Å². The monoisotopic (exact) mass is 1990 g/mol. The van der Waals surface area contributed by atoms with E-state index in [4.69, 9.17) is 59.8 Å². The molecule has 0 fully saturated rings. The molecule has 0 aliphatic carbocycles. The summed E-state index contributed by atoms with van der Waals surface area (Å²) in [6.07, 6.45) is 10.8. The third-order valence-corrected chi connectivity index (χ3v) is 34.6. The van der Waals surface area contributed by atoms with E-state index in [1.807, 2.05) is 198 Å². The molecule has 32 aromatic rings. The topological polar surface area (TPSA) is 208 Å². The second-order valence-corrected chi connectivity index (χ2v) is 42.1. The van der Waals surface area contributed by atoms with Crippen LogP contribution in [0.5, 0.6) is 0 Å². The average molecular weight is 1990 g/mol. The lowest BCUT2D eigenvalue weighted by atomic mass is 10.0. The van der Waals surface area contributed by atoms with Gasteiger partial charge in [-0.15, -0.1) is 68.0 Å². The molecule has 147 heavy (non-hydrogen) atoms. The first kappa shape index (κ1) is 84.4. The van der Waals surface area contributed by atoms with Crippen LogP contribution < -0.4 is 0 Å². The van der Waals surface area contributed by atoms with E-state index >= 15 is 0 Å². The first-order chi connectivity index (χ1) is 72.9. The Morgan fingerprint density at radius 2 is 0.422 bits per heavy atom. The maximum absolute atomic E-state index is 5.28. The van der Waals surface area contributed by atoms with Gasteiger partial charge in [-0.3, -0.25) is 9.13 Å². The highest BCUT2D eigenvalue weighted by molar-refractivity contribution is 7.32. The number of thiophene rings is 6. The summed E-state index contributed by atoms with van der Waals surface area (Å²) in [6, 6.07) is 130. The van der Waals surface area contributed by atoms with E-state index in [-0.39, 0.29) is 0 Å². The summed E-state index contributed by atoms with van der Waals surface area (Å²) in [4.78, 5) is 76.6. The van der Waals surface area contributed by atoms with Crippen LogP contribution in [-0.2, 0) is 0 Å². The molecule has 18 nitrogen and oxygen atoms in total. The molecule has 0 aliphatic rings. The Balaban J connectivity index is 0.000000102. The highest BCUT2D eigenvalue weighted by Gasteiger charge is 2.32. The van der Waals surface area contributed by atoms with Crippen LogP contribution in [0.4, 0.5) is 0 Å². The van der Waals surface area contributed by atoms with Gasteiger partial charge >= 0.3 is 0 Å². The Kier molecular flexibility index (Phi) is 19.7. The minimum atomic E-state index is 0.565. The van der Waals surface area contributed by atoms with Crippen LogP contribution in [0.2, 0.25) is 0 Å². The molecular formula is C123H68N18S6. The van der Waals surface area contributed by atoms with Gasteiger partial charge in [-0.05, 0) is 59.7 Å². The highest BCUT2D eigenvalue weighted by Crippen LogP contribution is 2.57. The lowest BCUT2D eigenvalue weighted by molar-refractivity contribution is 0.955. The summed E-state index contributed by atoms with van der Waals surface area (Å²) in [5.74, 6) is 5.53. The molecular weight excluding hydrogens is 1920 g/mol. The predicted octanol–water partition coefficient (Wildman–Crippen LogP) is 32.8. The lowest BCUT2D eigenvalue weighted by Crippen LogP contribution is -2.06. The molecule has 0 saturated carbocycles. The summed E-state index contributed by atoms with van der Waals surface area (Å²) in [6.45, 7) is 0. The summed E-state index contributed by atoms with van der Waals surface area (Å²) in [5, 5.41) is 21.3. The van der Waals surface area contributed by atoms with Crippen molar-refractivity contribution in [3.05, 3.63) is 414 Å². The minimum absolute atomic E-state index is 0.565. The van der Waals surface area contributed by atoms with E-state index < -0.39 is 0 Å². The van der Waals surface area contributed by atoms with Crippen LogP contribution in [0.25, 0.3) is 295 Å². The second kappa shape index (κ2) is 34.3. The molecule has 0 bridgehead atoms. The van der Waals surface area contributed by atoms with E-state index in [2.05, 4.69) is 259 Å². The van der Waals surface area contributed by atoms with Gasteiger partial charge in [-0.2, -0.15) is 19.9 Å². The van der Waals surface area contributed by atoms with Crippen molar-refractivity contribution < 1.29 is 0 Å². The molecule has 0 amide bonds. The molecule has 0 radical (unpaired) electrons. The number of benzene rings is 17. The number of hydrogen-bond acceptors (Lipinski definition) is 21. The molecule has 15 heterocycles. The van der Waals surface area contributed by atoms with Crippen LogP contribution in [0, 0.1) is 0 Å².